The first-order chi connectivity index (χ1) is 13.0. The molecular formula is C22H16BrN3O. The van der Waals surface area contributed by atoms with E-state index in [1.165, 1.54) is 5.56 Å². The summed E-state index contributed by atoms with van der Waals surface area (Å²) >= 11 is 3.58. The highest BCUT2D eigenvalue weighted by atomic mass is 79.9. The van der Waals surface area contributed by atoms with E-state index in [0.29, 0.717) is 17.2 Å². The van der Waals surface area contributed by atoms with Crippen molar-refractivity contribution in [2.45, 2.75) is 13.8 Å². The summed E-state index contributed by atoms with van der Waals surface area (Å²) in [6.45, 7) is 4.06. The summed E-state index contributed by atoms with van der Waals surface area (Å²) in [4.78, 5) is 7.72. The smallest absolute Gasteiger partial charge is 0.149 e. The van der Waals surface area contributed by atoms with E-state index in [9.17, 15) is 5.26 Å². The number of nitrogens with one attached hydrogen (secondary N) is 1. The first-order valence-corrected chi connectivity index (χ1v) is 9.28. The van der Waals surface area contributed by atoms with Crippen LogP contribution in [-0.4, -0.2) is 9.97 Å². The number of allylic oxidation sites excluding steroid dienone is 1. The normalized spacial score (nSPS) is 11.7. The zero-order valence-electron chi connectivity index (χ0n) is 14.9. The Balaban J connectivity index is 1.71. The van der Waals surface area contributed by atoms with Crippen molar-refractivity contribution in [3.8, 4) is 17.4 Å². The van der Waals surface area contributed by atoms with Gasteiger partial charge >= 0.3 is 0 Å². The van der Waals surface area contributed by atoms with Gasteiger partial charge in [-0.25, -0.2) is 4.98 Å². The molecule has 2 heterocycles. The van der Waals surface area contributed by atoms with Crippen LogP contribution in [0.3, 0.4) is 0 Å². The van der Waals surface area contributed by atoms with Crippen LogP contribution in [0.25, 0.3) is 34.0 Å². The van der Waals surface area contributed by atoms with E-state index in [2.05, 4.69) is 32.0 Å². The van der Waals surface area contributed by atoms with Crippen LogP contribution in [0.5, 0.6) is 0 Å². The second kappa shape index (κ2) is 6.90. The van der Waals surface area contributed by atoms with Crippen LogP contribution in [0.15, 0.2) is 57.4 Å². The number of nitrogens with zero attached hydrogens (tertiary/aromatic N) is 2. The lowest BCUT2D eigenvalue weighted by Crippen LogP contribution is -1.84. The highest BCUT2D eigenvalue weighted by Gasteiger charge is 2.11. The number of hydrogen-bond donors (Lipinski definition) is 1. The van der Waals surface area contributed by atoms with Gasteiger partial charge in [0.1, 0.15) is 23.4 Å². The van der Waals surface area contributed by atoms with Gasteiger partial charge in [-0.3, -0.25) is 0 Å². The molecule has 0 aliphatic rings. The SMILES string of the molecule is Cc1ccc(-c2ccc(C=C(C#N)c3nc4ccc(C)cc4[nH]3)o2)c(Br)c1. The monoisotopic (exact) mass is 417 g/mol. The number of halogens is 1. The second-order valence-electron chi connectivity index (χ2n) is 6.46. The van der Waals surface area contributed by atoms with E-state index in [0.717, 1.165) is 32.4 Å². The minimum absolute atomic E-state index is 0.424. The molecule has 4 rings (SSSR count). The lowest BCUT2D eigenvalue weighted by atomic mass is 10.1. The standard InChI is InChI=1S/C22H16BrN3O/c1-13-3-6-17(18(23)9-13)21-8-5-16(27-21)11-15(12-24)22-25-19-7-4-14(2)10-20(19)26-22/h3-11H,1-2H3,(H,25,26). The quantitative estimate of drug-likeness (QED) is 0.399. The van der Waals surface area contributed by atoms with E-state index < -0.39 is 0 Å². The molecule has 2 aromatic carbocycles. The molecule has 5 heteroatoms. The molecule has 0 amide bonds. The Kier molecular flexibility index (Phi) is 4.43. The van der Waals surface area contributed by atoms with Crippen molar-refractivity contribution in [1.29, 1.82) is 5.26 Å². The molecule has 4 aromatic rings. The Morgan fingerprint density at radius 1 is 1.11 bits per heavy atom. The third-order valence-corrected chi connectivity index (χ3v) is 4.97. The summed E-state index contributed by atoms with van der Waals surface area (Å²) in [5.41, 5.74) is 5.45. The van der Waals surface area contributed by atoms with Gasteiger partial charge in [0, 0.05) is 16.1 Å². The maximum Gasteiger partial charge on any atom is 0.149 e. The van der Waals surface area contributed by atoms with Gasteiger partial charge in [-0.05, 0) is 61.4 Å². The van der Waals surface area contributed by atoms with Crippen molar-refractivity contribution in [2.75, 3.05) is 0 Å². The maximum atomic E-state index is 9.59. The molecule has 0 saturated heterocycles. The van der Waals surface area contributed by atoms with Crippen molar-refractivity contribution in [1.82, 2.24) is 9.97 Å². The van der Waals surface area contributed by atoms with Gasteiger partial charge in [-0.1, -0.05) is 28.1 Å². The summed E-state index contributed by atoms with van der Waals surface area (Å²) < 4.78 is 6.91. The summed E-state index contributed by atoms with van der Waals surface area (Å²) in [5.74, 6) is 1.88. The third kappa shape index (κ3) is 3.44. The highest BCUT2D eigenvalue weighted by Crippen LogP contribution is 2.31. The molecule has 0 spiro atoms. The van der Waals surface area contributed by atoms with E-state index in [1.807, 2.05) is 62.4 Å². The van der Waals surface area contributed by atoms with Crippen LogP contribution >= 0.6 is 15.9 Å². The number of aromatic nitrogens is 2. The Morgan fingerprint density at radius 3 is 2.67 bits per heavy atom. The zero-order valence-corrected chi connectivity index (χ0v) is 16.5. The molecule has 0 saturated carbocycles. The fourth-order valence-electron chi connectivity index (χ4n) is 2.94. The van der Waals surface area contributed by atoms with Crippen LogP contribution in [-0.2, 0) is 0 Å². The van der Waals surface area contributed by atoms with Crippen LogP contribution < -0.4 is 0 Å². The lowest BCUT2D eigenvalue weighted by Gasteiger charge is -2.02. The fraction of sp³-hybridized carbons (Fsp3) is 0.0909. The highest BCUT2D eigenvalue weighted by molar-refractivity contribution is 9.10. The number of imidazole rings is 1. The third-order valence-electron chi connectivity index (χ3n) is 4.32. The lowest BCUT2D eigenvalue weighted by molar-refractivity contribution is 0.571. The van der Waals surface area contributed by atoms with Gasteiger partial charge in [0.15, 0.2) is 0 Å². The zero-order chi connectivity index (χ0) is 19.0. The van der Waals surface area contributed by atoms with E-state index in [1.54, 1.807) is 6.08 Å². The molecule has 0 radical (unpaired) electrons. The molecule has 0 fully saturated rings. The summed E-state index contributed by atoms with van der Waals surface area (Å²) in [6, 6.07) is 18.0. The number of furan rings is 1. The molecular weight excluding hydrogens is 402 g/mol. The van der Waals surface area contributed by atoms with Gasteiger partial charge in [0.25, 0.3) is 0 Å². The van der Waals surface area contributed by atoms with Gasteiger partial charge in [0.05, 0.1) is 16.6 Å². The topological polar surface area (TPSA) is 65.6 Å². The largest absolute Gasteiger partial charge is 0.457 e. The first-order valence-electron chi connectivity index (χ1n) is 8.48. The number of fused-ring (bicyclic) bond motifs is 1. The number of nitriles is 1. The van der Waals surface area contributed by atoms with Crippen molar-refractivity contribution in [3.05, 3.63) is 75.7 Å². The summed E-state index contributed by atoms with van der Waals surface area (Å²) in [5, 5.41) is 9.59. The molecule has 0 bridgehead atoms. The molecule has 1 N–H and O–H groups in total. The van der Waals surface area contributed by atoms with Crippen LogP contribution in [0, 0.1) is 25.2 Å². The average Bonchev–Trinajstić information content (AvgIpc) is 3.26. The molecule has 0 unspecified atom stereocenters. The molecule has 4 nitrogen and oxygen atoms in total. The molecule has 0 aliphatic carbocycles. The van der Waals surface area contributed by atoms with Crippen LogP contribution in [0.1, 0.15) is 22.7 Å². The first kappa shape index (κ1) is 17.3. The molecule has 0 aliphatic heterocycles. The minimum Gasteiger partial charge on any atom is -0.457 e. The van der Waals surface area contributed by atoms with Crippen LogP contribution in [0.4, 0.5) is 0 Å². The second-order valence-corrected chi connectivity index (χ2v) is 7.32. The number of H-pyrrole nitrogens is 1. The average molecular weight is 418 g/mol. The number of aromatic amines is 1. The van der Waals surface area contributed by atoms with Crippen molar-refractivity contribution in [3.63, 3.8) is 0 Å². The fourth-order valence-corrected chi connectivity index (χ4v) is 3.63. The Morgan fingerprint density at radius 2 is 1.89 bits per heavy atom. The van der Waals surface area contributed by atoms with E-state index in [-0.39, 0.29) is 0 Å². The van der Waals surface area contributed by atoms with Gasteiger partial charge in [-0.15, -0.1) is 0 Å². The van der Waals surface area contributed by atoms with E-state index in [4.69, 9.17) is 4.42 Å². The number of benzene rings is 2. The maximum absolute atomic E-state index is 9.59. The predicted molar refractivity (Wildman–Crippen MR) is 111 cm³/mol. The summed E-state index contributed by atoms with van der Waals surface area (Å²) in [7, 11) is 0. The van der Waals surface area contributed by atoms with Crippen molar-refractivity contribution < 1.29 is 4.42 Å². The van der Waals surface area contributed by atoms with Crippen LogP contribution in [0.2, 0.25) is 0 Å². The number of hydrogen-bond acceptors (Lipinski definition) is 3. The Labute approximate surface area is 165 Å². The minimum atomic E-state index is 0.424. The predicted octanol–water partition coefficient (Wildman–Crippen LogP) is 6.27. The van der Waals surface area contributed by atoms with Gasteiger partial charge in [-0.2, -0.15) is 5.26 Å². The van der Waals surface area contributed by atoms with Gasteiger partial charge in [0.2, 0.25) is 0 Å². The molecule has 2 aromatic heterocycles. The van der Waals surface area contributed by atoms with Gasteiger partial charge < -0.3 is 9.40 Å². The summed E-state index contributed by atoms with van der Waals surface area (Å²) in [6.07, 6.45) is 1.70. The molecule has 132 valence electrons. The Bertz CT molecular complexity index is 1220. The van der Waals surface area contributed by atoms with Crippen molar-refractivity contribution >= 4 is 38.6 Å². The van der Waals surface area contributed by atoms with Crippen molar-refractivity contribution in [2.24, 2.45) is 0 Å². The number of rotatable bonds is 3. The molecule has 27 heavy (non-hydrogen) atoms. The Hall–Kier alpha value is -3.10. The van der Waals surface area contributed by atoms with E-state index >= 15 is 0 Å². The molecule has 0 atom stereocenters. The number of aryl methyl sites for hydroxylation is 2.